The first kappa shape index (κ1) is 40.3. The fraction of sp³-hybridized carbons (Fsp3) is 0.0385. The monoisotopic (exact) mass is 529 g/mol. The van der Waals surface area contributed by atoms with E-state index in [-0.39, 0.29) is 77.8 Å². The summed E-state index contributed by atoms with van der Waals surface area (Å²) in [6, 6.07) is 27.4. The predicted molar refractivity (Wildman–Crippen MR) is 129 cm³/mol. The van der Waals surface area contributed by atoms with Crippen LogP contribution in [0.4, 0.5) is 0 Å². The molecule has 0 saturated carbocycles. The molecule has 0 aliphatic carbocycles. The molecule has 4 aromatic rings. The Morgan fingerprint density at radius 2 is 1.11 bits per heavy atom. The molecular formula is C26H37Hf-9. The van der Waals surface area contributed by atoms with Gasteiger partial charge in [0.2, 0.25) is 0 Å². The molecule has 0 bridgehead atoms. The van der Waals surface area contributed by atoms with Crippen molar-refractivity contribution in [2.45, 2.75) is 6.92 Å². The molecule has 4 rings (SSSR count). The van der Waals surface area contributed by atoms with Crippen LogP contribution < -0.4 is 0 Å². The van der Waals surface area contributed by atoms with E-state index in [2.05, 4.69) is 55.5 Å². The van der Waals surface area contributed by atoms with E-state index in [1.54, 1.807) is 0 Å². The number of hydrogen-bond acceptors (Lipinski definition) is 0. The molecule has 0 aliphatic heterocycles. The van der Waals surface area contributed by atoms with Crippen LogP contribution in [0, 0.1) is 58.9 Å². The normalized spacial score (nSPS) is 7.30. The Labute approximate surface area is 190 Å². The summed E-state index contributed by atoms with van der Waals surface area (Å²) in [5, 5.41) is 5.38. The van der Waals surface area contributed by atoms with Crippen molar-refractivity contribution in [3.05, 3.63) is 136 Å². The van der Waals surface area contributed by atoms with Crippen molar-refractivity contribution in [2.75, 3.05) is 0 Å². The van der Waals surface area contributed by atoms with Crippen molar-refractivity contribution >= 4 is 21.5 Å². The molecule has 0 fully saturated rings. The summed E-state index contributed by atoms with van der Waals surface area (Å²) in [6.07, 6.45) is 0. The van der Waals surface area contributed by atoms with Gasteiger partial charge in [0.1, 0.15) is 0 Å². The fourth-order valence-corrected chi connectivity index (χ4v) is 2.36. The van der Waals surface area contributed by atoms with E-state index in [4.69, 9.17) is 0 Å². The number of fused-ring (bicyclic) bond motifs is 2. The first-order valence-corrected chi connectivity index (χ1v) is 6.56. The van der Waals surface area contributed by atoms with Crippen molar-refractivity contribution < 1.29 is 25.8 Å². The van der Waals surface area contributed by atoms with Crippen LogP contribution in [0.15, 0.2) is 78.9 Å². The van der Waals surface area contributed by atoms with Crippen LogP contribution in [-0.2, 0) is 25.8 Å². The van der Waals surface area contributed by atoms with E-state index in [1.807, 2.05) is 30.3 Å². The zero-order valence-corrected chi connectivity index (χ0v) is 22.1. The van der Waals surface area contributed by atoms with Crippen LogP contribution in [0.2, 0.25) is 0 Å². The molecule has 154 valence electrons. The largest absolute Gasteiger partial charge is 0.358 e. The van der Waals surface area contributed by atoms with E-state index in [1.165, 1.54) is 27.1 Å². The molecule has 4 aromatic carbocycles. The fourth-order valence-electron chi connectivity index (χ4n) is 2.36. The van der Waals surface area contributed by atoms with Gasteiger partial charge in [0.05, 0.1) is 0 Å². The molecule has 0 atom stereocenters. The molecule has 1 heteroatoms. The van der Waals surface area contributed by atoms with Crippen LogP contribution in [0.1, 0.15) is 5.56 Å². The van der Waals surface area contributed by atoms with Crippen molar-refractivity contribution in [1.82, 2.24) is 0 Å². The zero-order chi connectivity index (χ0) is 13.1. The quantitative estimate of drug-likeness (QED) is 0.159. The Bertz CT molecular complexity index is 759. The molecule has 0 unspecified atom stereocenters. The van der Waals surface area contributed by atoms with E-state index in [0.29, 0.717) is 0 Å². The number of aryl methyl sites for hydroxylation is 1. The van der Waals surface area contributed by atoms with Gasteiger partial charge in [-0.1, -0.05) is 42.6 Å². The summed E-state index contributed by atoms with van der Waals surface area (Å²) in [7, 11) is 0. The summed E-state index contributed by atoms with van der Waals surface area (Å²) in [6.45, 7) is 2.16. The average molecular weight is 528 g/mol. The Kier molecular flexibility index (Phi) is 28.8. The second-order valence-electron chi connectivity index (χ2n) is 4.77. The summed E-state index contributed by atoms with van der Waals surface area (Å²) in [5.41, 5.74) is 1.37. The van der Waals surface area contributed by atoms with Crippen LogP contribution in [-0.4, -0.2) is 0 Å². The Morgan fingerprint density at radius 3 is 1.56 bits per heavy atom. The number of rotatable bonds is 0. The van der Waals surface area contributed by atoms with Gasteiger partial charge in [-0.15, -0.1) is 22.4 Å². The van der Waals surface area contributed by atoms with Crippen molar-refractivity contribution in [1.29, 1.82) is 0 Å². The van der Waals surface area contributed by atoms with Gasteiger partial charge in [-0.05, 0) is 5.39 Å². The SMILES string of the molecule is C[c-]1ccc2cc3ccccc3cc21.[CH3-].[CH3-].[CH3-].[CH3-].[CH3-].[CH3-].[CH3-].[Hf].c1cc[cH-]c1. The van der Waals surface area contributed by atoms with Crippen molar-refractivity contribution in [2.24, 2.45) is 0 Å². The van der Waals surface area contributed by atoms with Gasteiger partial charge in [-0.2, -0.15) is 30.3 Å². The molecule has 0 aromatic heterocycles. The van der Waals surface area contributed by atoms with Crippen LogP contribution in [0.3, 0.4) is 0 Å². The Hall–Kier alpha value is -1.47. The van der Waals surface area contributed by atoms with Crippen LogP contribution in [0.25, 0.3) is 21.5 Å². The molecule has 0 spiro atoms. The van der Waals surface area contributed by atoms with Gasteiger partial charge in [-0.25, -0.2) is 12.1 Å². The molecule has 0 N–H and O–H groups in total. The topological polar surface area (TPSA) is 0 Å². The van der Waals surface area contributed by atoms with Crippen LogP contribution >= 0.6 is 0 Å². The van der Waals surface area contributed by atoms with E-state index in [0.717, 1.165) is 0 Å². The second-order valence-corrected chi connectivity index (χ2v) is 4.77. The van der Waals surface area contributed by atoms with E-state index >= 15 is 0 Å². The summed E-state index contributed by atoms with van der Waals surface area (Å²) in [4.78, 5) is 0. The zero-order valence-electron chi connectivity index (χ0n) is 18.5. The Balaban J connectivity index is -0.0000000765. The maximum atomic E-state index is 2.28. The van der Waals surface area contributed by atoms with Gasteiger partial charge in [0.25, 0.3) is 0 Å². The Morgan fingerprint density at radius 1 is 0.630 bits per heavy atom. The minimum atomic E-state index is 0. The minimum Gasteiger partial charge on any atom is -0.358 e. The maximum absolute atomic E-state index is 2.28. The smallest absolute Gasteiger partial charge is 0 e. The van der Waals surface area contributed by atoms with Gasteiger partial charge >= 0.3 is 0 Å². The standard InChI is InChI=1S/C14H11.C5H5.7CH3.Hf/c1-10-6-7-13-8-11-4-2-3-5-12(11)9-14(10)13;1-2-4-5-3-1;;;;;;;;/h2-9H,1H3;1-5H;7*1H3;/q9*-1;. The third-order valence-electron chi connectivity index (χ3n) is 3.41. The molecule has 0 amide bonds. The second kappa shape index (κ2) is 19.3. The third-order valence-corrected chi connectivity index (χ3v) is 3.41. The predicted octanol–water partition coefficient (Wildman–Crippen LogP) is 8.58. The van der Waals surface area contributed by atoms with Gasteiger partial charge in [-0.3, -0.25) is 0 Å². The third kappa shape index (κ3) is 9.86. The van der Waals surface area contributed by atoms with E-state index in [9.17, 15) is 0 Å². The van der Waals surface area contributed by atoms with Crippen molar-refractivity contribution in [3.63, 3.8) is 0 Å². The summed E-state index contributed by atoms with van der Waals surface area (Å²) in [5.74, 6) is 0. The first-order valence-electron chi connectivity index (χ1n) is 6.56. The molecule has 0 aliphatic rings. The van der Waals surface area contributed by atoms with Gasteiger partial charge < -0.3 is 52.0 Å². The minimum absolute atomic E-state index is 0. The molecule has 0 radical (unpaired) electrons. The van der Waals surface area contributed by atoms with Crippen molar-refractivity contribution in [3.8, 4) is 0 Å². The molecule has 0 saturated heterocycles. The van der Waals surface area contributed by atoms with Gasteiger partial charge in [0.15, 0.2) is 0 Å². The molecule has 0 heterocycles. The van der Waals surface area contributed by atoms with E-state index < -0.39 is 0 Å². The summed E-state index contributed by atoms with van der Waals surface area (Å²) < 4.78 is 0. The average Bonchev–Trinajstić information content (AvgIpc) is 3.11. The maximum Gasteiger partial charge on any atom is 0 e. The number of benzene rings is 2. The molecular weight excluding hydrogens is 491 g/mol. The molecule has 27 heavy (non-hydrogen) atoms. The first-order chi connectivity index (χ1) is 9.34. The summed E-state index contributed by atoms with van der Waals surface area (Å²) >= 11 is 0. The van der Waals surface area contributed by atoms with Gasteiger partial charge in [0, 0.05) is 25.8 Å². The van der Waals surface area contributed by atoms with Crippen LogP contribution in [0.5, 0.6) is 0 Å². The molecule has 0 nitrogen and oxygen atoms in total. The number of hydrogen-bond donors (Lipinski definition) is 0.